The average Bonchev–Trinajstić information content (AvgIpc) is 2.53. The number of benzene rings is 2. The van der Waals surface area contributed by atoms with Gasteiger partial charge in [0.2, 0.25) is 0 Å². The zero-order valence-corrected chi connectivity index (χ0v) is 12.1. The van der Waals surface area contributed by atoms with Crippen molar-refractivity contribution in [2.75, 3.05) is 0 Å². The summed E-state index contributed by atoms with van der Waals surface area (Å²) in [5.74, 6) is 0.658. The minimum atomic E-state index is 0.658. The highest BCUT2D eigenvalue weighted by molar-refractivity contribution is 5.74. The zero-order valence-electron chi connectivity index (χ0n) is 12.1. The van der Waals surface area contributed by atoms with Crippen LogP contribution in [0.3, 0.4) is 0 Å². The number of carbonyl (C=O) groups is 1. The van der Waals surface area contributed by atoms with Crippen LogP contribution in [0.25, 0.3) is 0 Å². The van der Waals surface area contributed by atoms with Crippen molar-refractivity contribution in [3.63, 3.8) is 0 Å². The second kappa shape index (κ2) is 7.64. The molecule has 0 bridgehead atoms. The summed E-state index contributed by atoms with van der Waals surface area (Å²) in [4.78, 5) is 10.6. The smallest absolute Gasteiger partial charge is 0.150 e. The molecule has 104 valence electrons. The molecular weight excluding hydrogens is 244 g/mol. The number of aryl methyl sites for hydroxylation is 1. The van der Waals surface area contributed by atoms with E-state index in [-0.39, 0.29) is 0 Å². The topological polar surface area (TPSA) is 17.1 Å². The van der Waals surface area contributed by atoms with Crippen LogP contribution in [0.2, 0.25) is 0 Å². The van der Waals surface area contributed by atoms with Crippen LogP contribution in [0.4, 0.5) is 0 Å². The summed E-state index contributed by atoms with van der Waals surface area (Å²) in [6.07, 6.45) is 5.58. The van der Waals surface area contributed by atoms with Gasteiger partial charge in [-0.1, -0.05) is 61.5 Å². The molecule has 0 fully saturated rings. The molecule has 0 aliphatic heterocycles. The molecular formula is C19H22O. The minimum absolute atomic E-state index is 0.658. The predicted molar refractivity (Wildman–Crippen MR) is 84.2 cm³/mol. The number of hydrogen-bond donors (Lipinski definition) is 0. The monoisotopic (exact) mass is 266 g/mol. The second-order valence-electron chi connectivity index (χ2n) is 5.27. The van der Waals surface area contributed by atoms with E-state index in [0.717, 1.165) is 18.3 Å². The first kappa shape index (κ1) is 14.5. The van der Waals surface area contributed by atoms with Gasteiger partial charge in [-0.3, -0.25) is 4.79 Å². The van der Waals surface area contributed by atoms with Crippen LogP contribution in [-0.4, -0.2) is 6.29 Å². The van der Waals surface area contributed by atoms with Gasteiger partial charge in [0.15, 0.2) is 0 Å². The molecule has 0 radical (unpaired) electrons. The van der Waals surface area contributed by atoms with E-state index in [2.05, 4.69) is 49.4 Å². The lowest BCUT2D eigenvalue weighted by Gasteiger charge is -2.15. The Hall–Kier alpha value is -1.89. The third-order valence-corrected chi connectivity index (χ3v) is 3.90. The van der Waals surface area contributed by atoms with Gasteiger partial charge in [-0.15, -0.1) is 0 Å². The largest absolute Gasteiger partial charge is 0.298 e. The number of rotatable bonds is 7. The molecule has 0 aliphatic rings. The summed E-state index contributed by atoms with van der Waals surface area (Å²) in [6, 6.07) is 18.7. The number of carbonyl (C=O) groups excluding carboxylic acids is 1. The highest BCUT2D eigenvalue weighted by atomic mass is 16.1. The first-order valence-corrected chi connectivity index (χ1v) is 7.42. The predicted octanol–water partition coefficient (Wildman–Crippen LogP) is 5.02. The first-order chi connectivity index (χ1) is 9.83. The maximum absolute atomic E-state index is 10.6. The Morgan fingerprint density at radius 2 is 1.70 bits per heavy atom. The van der Waals surface area contributed by atoms with Crippen molar-refractivity contribution in [1.29, 1.82) is 0 Å². The van der Waals surface area contributed by atoms with Gasteiger partial charge in [0.1, 0.15) is 6.29 Å². The van der Waals surface area contributed by atoms with Gasteiger partial charge in [0, 0.05) is 5.56 Å². The van der Waals surface area contributed by atoms with E-state index in [1.54, 1.807) is 0 Å². The van der Waals surface area contributed by atoms with E-state index >= 15 is 0 Å². The van der Waals surface area contributed by atoms with E-state index < -0.39 is 0 Å². The van der Waals surface area contributed by atoms with Crippen LogP contribution in [0.15, 0.2) is 54.6 Å². The molecule has 0 aliphatic carbocycles. The van der Waals surface area contributed by atoms with Crippen molar-refractivity contribution in [3.8, 4) is 0 Å². The molecule has 1 heteroatoms. The Bertz CT molecular complexity index is 513. The Morgan fingerprint density at radius 3 is 2.30 bits per heavy atom. The van der Waals surface area contributed by atoms with Gasteiger partial charge in [0.05, 0.1) is 0 Å². The van der Waals surface area contributed by atoms with Crippen LogP contribution in [0.1, 0.15) is 53.6 Å². The van der Waals surface area contributed by atoms with Crippen molar-refractivity contribution in [2.24, 2.45) is 0 Å². The van der Waals surface area contributed by atoms with E-state index in [1.807, 2.05) is 12.1 Å². The first-order valence-electron chi connectivity index (χ1n) is 7.42. The molecule has 2 aromatic rings. The summed E-state index contributed by atoms with van der Waals surface area (Å²) >= 11 is 0. The maximum atomic E-state index is 10.6. The van der Waals surface area contributed by atoms with Crippen LogP contribution < -0.4 is 0 Å². The minimum Gasteiger partial charge on any atom is -0.298 e. The molecule has 20 heavy (non-hydrogen) atoms. The maximum Gasteiger partial charge on any atom is 0.150 e. The summed E-state index contributed by atoms with van der Waals surface area (Å²) in [7, 11) is 0. The Labute approximate surface area is 121 Å². The molecule has 0 amide bonds. The Morgan fingerprint density at radius 1 is 1.00 bits per heavy atom. The van der Waals surface area contributed by atoms with E-state index in [1.165, 1.54) is 30.4 Å². The molecule has 2 aromatic carbocycles. The lowest BCUT2D eigenvalue weighted by Crippen LogP contribution is -1.98. The molecule has 0 saturated carbocycles. The molecule has 2 rings (SSSR count). The van der Waals surface area contributed by atoms with Gasteiger partial charge in [-0.2, -0.15) is 0 Å². The summed E-state index contributed by atoms with van der Waals surface area (Å²) in [5.41, 5.74) is 3.52. The van der Waals surface area contributed by atoms with Crippen LogP contribution in [-0.2, 0) is 6.42 Å². The highest BCUT2D eigenvalue weighted by Crippen LogP contribution is 2.25. The van der Waals surface area contributed by atoms with Crippen molar-refractivity contribution in [1.82, 2.24) is 0 Å². The van der Waals surface area contributed by atoms with Gasteiger partial charge >= 0.3 is 0 Å². The van der Waals surface area contributed by atoms with Gasteiger partial charge in [0.25, 0.3) is 0 Å². The van der Waals surface area contributed by atoms with Crippen LogP contribution in [0, 0.1) is 0 Å². The molecule has 0 saturated heterocycles. The van der Waals surface area contributed by atoms with Crippen molar-refractivity contribution in [3.05, 3.63) is 71.3 Å². The van der Waals surface area contributed by atoms with E-state index in [9.17, 15) is 4.79 Å². The fourth-order valence-electron chi connectivity index (χ4n) is 2.65. The normalized spacial score (nSPS) is 12.1. The third-order valence-electron chi connectivity index (χ3n) is 3.90. The zero-order chi connectivity index (χ0) is 14.2. The van der Waals surface area contributed by atoms with Crippen molar-refractivity contribution >= 4 is 6.29 Å². The fraction of sp³-hybridized carbons (Fsp3) is 0.316. The third kappa shape index (κ3) is 4.06. The van der Waals surface area contributed by atoms with Crippen LogP contribution in [0.5, 0.6) is 0 Å². The van der Waals surface area contributed by atoms with Gasteiger partial charge in [-0.25, -0.2) is 0 Å². The Balaban J connectivity index is 1.86. The number of aldehydes is 1. The summed E-state index contributed by atoms with van der Waals surface area (Å²) in [6.45, 7) is 2.26. The SMILES string of the molecule is CCC(CCCc1ccc(C=O)cc1)c1ccccc1. The molecule has 1 unspecified atom stereocenters. The number of hydrogen-bond acceptors (Lipinski definition) is 1. The van der Waals surface area contributed by atoms with E-state index in [4.69, 9.17) is 0 Å². The highest BCUT2D eigenvalue weighted by Gasteiger charge is 2.08. The lowest BCUT2D eigenvalue weighted by atomic mass is 9.90. The molecule has 1 atom stereocenters. The summed E-state index contributed by atoms with van der Waals surface area (Å²) < 4.78 is 0. The van der Waals surface area contributed by atoms with Gasteiger partial charge in [-0.05, 0) is 42.7 Å². The van der Waals surface area contributed by atoms with Crippen molar-refractivity contribution in [2.45, 2.75) is 38.5 Å². The molecule has 0 aromatic heterocycles. The van der Waals surface area contributed by atoms with E-state index in [0.29, 0.717) is 5.92 Å². The fourth-order valence-corrected chi connectivity index (χ4v) is 2.65. The summed E-state index contributed by atoms with van der Waals surface area (Å²) in [5, 5.41) is 0. The van der Waals surface area contributed by atoms with Gasteiger partial charge < -0.3 is 0 Å². The standard InChI is InChI=1S/C19H22O/c1-2-18(19-8-4-3-5-9-19)10-6-7-16-11-13-17(15-20)14-12-16/h3-5,8-9,11-15,18H,2,6-7,10H2,1H3. The molecule has 0 heterocycles. The second-order valence-corrected chi connectivity index (χ2v) is 5.27. The lowest BCUT2D eigenvalue weighted by molar-refractivity contribution is 0.112. The molecule has 0 N–H and O–H groups in total. The molecule has 1 nitrogen and oxygen atoms in total. The van der Waals surface area contributed by atoms with Crippen LogP contribution >= 0.6 is 0 Å². The average molecular weight is 266 g/mol. The Kier molecular flexibility index (Phi) is 5.55. The quantitative estimate of drug-likeness (QED) is 0.643. The van der Waals surface area contributed by atoms with Crippen molar-refractivity contribution < 1.29 is 4.79 Å². The molecule has 0 spiro atoms.